The van der Waals surface area contributed by atoms with Crippen molar-refractivity contribution in [3.8, 4) is 11.4 Å². The molecule has 0 fully saturated rings. The fourth-order valence-electron chi connectivity index (χ4n) is 2.14. The molecular formula is C15H15N3OS. The fourth-order valence-corrected chi connectivity index (χ4v) is 2.97. The van der Waals surface area contributed by atoms with E-state index < -0.39 is 0 Å². The minimum absolute atomic E-state index is 0.0589. The lowest BCUT2D eigenvalue weighted by molar-refractivity contribution is 0.367. The molecule has 0 aliphatic rings. The van der Waals surface area contributed by atoms with Gasteiger partial charge < -0.3 is 10.3 Å². The van der Waals surface area contributed by atoms with Gasteiger partial charge in [-0.2, -0.15) is 16.3 Å². The molecule has 0 aliphatic heterocycles. The number of thiophene rings is 1. The third kappa shape index (κ3) is 2.37. The van der Waals surface area contributed by atoms with Crippen molar-refractivity contribution in [2.75, 3.05) is 6.54 Å². The van der Waals surface area contributed by atoms with E-state index in [9.17, 15) is 0 Å². The monoisotopic (exact) mass is 285 g/mol. The minimum Gasteiger partial charge on any atom is -0.338 e. The van der Waals surface area contributed by atoms with Crippen LogP contribution in [0, 0.1) is 6.92 Å². The van der Waals surface area contributed by atoms with Crippen LogP contribution in [0.1, 0.15) is 22.9 Å². The lowest BCUT2D eigenvalue weighted by Crippen LogP contribution is -2.14. The zero-order chi connectivity index (χ0) is 13.9. The molecule has 2 heterocycles. The first-order valence-electron chi connectivity index (χ1n) is 6.41. The highest BCUT2D eigenvalue weighted by atomic mass is 32.1. The Balaban J connectivity index is 1.95. The number of aryl methyl sites for hydroxylation is 1. The number of hydrogen-bond donors (Lipinski definition) is 1. The van der Waals surface area contributed by atoms with E-state index in [1.54, 1.807) is 11.3 Å². The summed E-state index contributed by atoms with van der Waals surface area (Å²) < 4.78 is 5.41. The molecule has 1 aromatic carbocycles. The largest absolute Gasteiger partial charge is 0.338 e. The minimum atomic E-state index is -0.0589. The number of nitrogens with two attached hydrogens (primary N) is 1. The molecule has 0 saturated carbocycles. The van der Waals surface area contributed by atoms with Gasteiger partial charge in [-0.25, -0.2) is 0 Å². The van der Waals surface area contributed by atoms with Crippen molar-refractivity contribution in [1.29, 1.82) is 0 Å². The predicted octanol–water partition coefficient (Wildman–Crippen LogP) is 3.20. The molecule has 0 saturated heterocycles. The van der Waals surface area contributed by atoms with Gasteiger partial charge in [-0.05, 0) is 23.4 Å². The SMILES string of the molecule is Cc1cscc1-c1noc(C(CN)c2ccccc2)n1. The summed E-state index contributed by atoms with van der Waals surface area (Å²) in [6.07, 6.45) is 0. The van der Waals surface area contributed by atoms with Gasteiger partial charge in [0, 0.05) is 17.5 Å². The van der Waals surface area contributed by atoms with Crippen LogP contribution >= 0.6 is 11.3 Å². The Kier molecular flexibility index (Phi) is 3.62. The summed E-state index contributed by atoms with van der Waals surface area (Å²) in [5.41, 5.74) is 9.14. The van der Waals surface area contributed by atoms with Gasteiger partial charge in [0.15, 0.2) is 0 Å². The highest BCUT2D eigenvalue weighted by molar-refractivity contribution is 7.08. The van der Waals surface area contributed by atoms with Crippen molar-refractivity contribution in [2.24, 2.45) is 5.73 Å². The molecule has 5 heteroatoms. The third-order valence-electron chi connectivity index (χ3n) is 3.27. The number of nitrogens with zero attached hydrogens (tertiary/aromatic N) is 2. The topological polar surface area (TPSA) is 64.9 Å². The van der Waals surface area contributed by atoms with E-state index in [1.165, 1.54) is 0 Å². The van der Waals surface area contributed by atoms with Gasteiger partial charge in [-0.15, -0.1) is 0 Å². The summed E-state index contributed by atoms with van der Waals surface area (Å²) in [6, 6.07) is 10.00. The highest BCUT2D eigenvalue weighted by Crippen LogP contribution is 2.27. The number of rotatable bonds is 4. The van der Waals surface area contributed by atoms with E-state index in [0.29, 0.717) is 18.3 Å². The van der Waals surface area contributed by atoms with Crippen LogP contribution in [0.25, 0.3) is 11.4 Å². The smallest absolute Gasteiger partial charge is 0.235 e. The average Bonchev–Trinajstić information content (AvgIpc) is 3.10. The third-order valence-corrected chi connectivity index (χ3v) is 4.14. The number of hydrogen-bond acceptors (Lipinski definition) is 5. The van der Waals surface area contributed by atoms with Crippen LogP contribution in [0.3, 0.4) is 0 Å². The van der Waals surface area contributed by atoms with E-state index in [2.05, 4.69) is 15.5 Å². The van der Waals surface area contributed by atoms with E-state index >= 15 is 0 Å². The van der Waals surface area contributed by atoms with Gasteiger partial charge in [0.2, 0.25) is 11.7 Å². The van der Waals surface area contributed by atoms with Crippen LogP contribution < -0.4 is 5.73 Å². The van der Waals surface area contributed by atoms with Gasteiger partial charge in [0.05, 0.1) is 5.92 Å². The number of aromatic nitrogens is 2. The maximum atomic E-state index is 5.87. The first-order chi connectivity index (χ1) is 9.79. The summed E-state index contributed by atoms with van der Waals surface area (Å²) in [5, 5.41) is 8.18. The second kappa shape index (κ2) is 5.56. The van der Waals surface area contributed by atoms with Crippen molar-refractivity contribution in [2.45, 2.75) is 12.8 Å². The van der Waals surface area contributed by atoms with Gasteiger partial charge in [0.25, 0.3) is 0 Å². The lowest BCUT2D eigenvalue weighted by atomic mass is 9.99. The normalized spacial score (nSPS) is 12.5. The standard InChI is InChI=1S/C15H15N3OS/c1-10-8-20-9-13(10)14-17-15(19-18-14)12(7-16)11-5-3-2-4-6-11/h2-6,8-9,12H,7,16H2,1H3. The first-order valence-corrected chi connectivity index (χ1v) is 7.35. The van der Waals surface area contributed by atoms with Crippen molar-refractivity contribution in [3.63, 3.8) is 0 Å². The molecule has 0 amide bonds. The van der Waals surface area contributed by atoms with Crippen LogP contribution in [-0.4, -0.2) is 16.7 Å². The molecular weight excluding hydrogens is 270 g/mol. The quantitative estimate of drug-likeness (QED) is 0.799. The van der Waals surface area contributed by atoms with E-state index in [-0.39, 0.29) is 5.92 Å². The summed E-state index contributed by atoms with van der Waals surface area (Å²) in [7, 11) is 0. The maximum Gasteiger partial charge on any atom is 0.235 e. The molecule has 4 nitrogen and oxygen atoms in total. The van der Waals surface area contributed by atoms with Crippen LogP contribution in [0.4, 0.5) is 0 Å². The van der Waals surface area contributed by atoms with Gasteiger partial charge in [-0.1, -0.05) is 35.5 Å². The van der Waals surface area contributed by atoms with Gasteiger partial charge in [-0.3, -0.25) is 0 Å². The van der Waals surface area contributed by atoms with Crippen molar-refractivity contribution < 1.29 is 4.52 Å². The average molecular weight is 285 g/mol. The second-order valence-corrected chi connectivity index (χ2v) is 5.37. The molecule has 0 aliphatic carbocycles. The zero-order valence-electron chi connectivity index (χ0n) is 11.1. The van der Waals surface area contributed by atoms with Crippen LogP contribution in [0.2, 0.25) is 0 Å². The molecule has 1 unspecified atom stereocenters. The molecule has 3 rings (SSSR count). The Bertz CT molecular complexity index is 690. The van der Waals surface area contributed by atoms with Crippen molar-refractivity contribution >= 4 is 11.3 Å². The van der Waals surface area contributed by atoms with Crippen LogP contribution in [0.15, 0.2) is 45.6 Å². The molecule has 0 bridgehead atoms. The Morgan fingerprint density at radius 3 is 2.70 bits per heavy atom. The molecule has 0 radical (unpaired) electrons. The molecule has 2 aromatic heterocycles. The summed E-state index contributed by atoms with van der Waals surface area (Å²) >= 11 is 1.63. The van der Waals surface area contributed by atoms with Crippen LogP contribution in [0.5, 0.6) is 0 Å². The fraction of sp³-hybridized carbons (Fsp3) is 0.200. The maximum absolute atomic E-state index is 5.87. The van der Waals surface area contributed by atoms with E-state index in [1.807, 2.05) is 42.6 Å². The van der Waals surface area contributed by atoms with Crippen molar-refractivity contribution in [3.05, 3.63) is 58.1 Å². The molecule has 20 heavy (non-hydrogen) atoms. The summed E-state index contributed by atoms with van der Waals surface area (Å²) in [4.78, 5) is 4.51. The van der Waals surface area contributed by atoms with Gasteiger partial charge >= 0.3 is 0 Å². The summed E-state index contributed by atoms with van der Waals surface area (Å²) in [5.74, 6) is 1.14. The Labute approximate surface area is 121 Å². The predicted molar refractivity (Wildman–Crippen MR) is 79.7 cm³/mol. The Morgan fingerprint density at radius 1 is 1.25 bits per heavy atom. The molecule has 2 N–H and O–H groups in total. The van der Waals surface area contributed by atoms with Crippen molar-refractivity contribution in [1.82, 2.24) is 10.1 Å². The second-order valence-electron chi connectivity index (χ2n) is 4.62. The number of benzene rings is 1. The molecule has 102 valence electrons. The van der Waals surface area contributed by atoms with E-state index in [4.69, 9.17) is 10.3 Å². The molecule has 3 aromatic rings. The van der Waals surface area contributed by atoms with E-state index in [0.717, 1.165) is 16.7 Å². The Hall–Kier alpha value is -1.98. The molecule has 0 spiro atoms. The molecule has 1 atom stereocenters. The van der Waals surface area contributed by atoms with Crippen LogP contribution in [-0.2, 0) is 0 Å². The Morgan fingerprint density at radius 2 is 2.05 bits per heavy atom. The lowest BCUT2D eigenvalue weighted by Gasteiger charge is -2.09. The highest BCUT2D eigenvalue weighted by Gasteiger charge is 2.20. The summed E-state index contributed by atoms with van der Waals surface area (Å²) in [6.45, 7) is 2.48. The zero-order valence-corrected chi connectivity index (χ0v) is 11.9. The van der Waals surface area contributed by atoms with Gasteiger partial charge in [0.1, 0.15) is 0 Å². The first kappa shape index (κ1) is 13.0.